The van der Waals surface area contributed by atoms with Gasteiger partial charge in [-0.1, -0.05) is 0 Å². The lowest BCUT2D eigenvalue weighted by Crippen LogP contribution is -2.31. The van der Waals surface area contributed by atoms with Crippen LogP contribution in [0.4, 0.5) is 15.8 Å². The summed E-state index contributed by atoms with van der Waals surface area (Å²) < 4.78 is 18.7. The smallest absolute Gasteiger partial charge is 0.295 e. The molecule has 1 saturated carbocycles. The fourth-order valence-corrected chi connectivity index (χ4v) is 2.47. The van der Waals surface area contributed by atoms with E-state index in [0.29, 0.717) is 18.8 Å². The van der Waals surface area contributed by atoms with E-state index < -0.39 is 10.7 Å². The number of nitro groups is 1. The van der Waals surface area contributed by atoms with Crippen LogP contribution >= 0.6 is 0 Å². The lowest BCUT2D eigenvalue weighted by molar-refractivity contribution is -0.384. The van der Waals surface area contributed by atoms with Crippen molar-refractivity contribution < 1.29 is 14.1 Å². The van der Waals surface area contributed by atoms with Gasteiger partial charge in [0.05, 0.1) is 23.7 Å². The summed E-state index contributed by atoms with van der Waals surface area (Å²) in [7, 11) is 0. The number of benzene rings is 1. The minimum Gasteiger partial charge on any atom is -0.377 e. The van der Waals surface area contributed by atoms with Gasteiger partial charge in [0, 0.05) is 12.6 Å². The molecule has 2 rings (SSSR count). The zero-order valence-corrected chi connectivity index (χ0v) is 11.8. The molecule has 0 bridgehead atoms. The van der Waals surface area contributed by atoms with Crippen molar-refractivity contribution in [3.8, 4) is 0 Å². The maximum absolute atomic E-state index is 13.0. The molecule has 0 heterocycles. The molecule has 7 heteroatoms. The molecule has 1 aliphatic rings. The molecule has 21 heavy (non-hydrogen) atoms. The zero-order chi connectivity index (χ0) is 15.2. The summed E-state index contributed by atoms with van der Waals surface area (Å²) in [6.45, 7) is 0.892. The Morgan fingerprint density at radius 3 is 2.76 bits per heavy atom. The van der Waals surface area contributed by atoms with Crippen LogP contribution in [0, 0.1) is 15.9 Å². The van der Waals surface area contributed by atoms with E-state index in [-0.39, 0.29) is 17.8 Å². The average Bonchev–Trinajstić information content (AvgIpc) is 2.46. The Balaban J connectivity index is 1.77. The number of ether oxygens (including phenoxy) is 1. The first-order chi connectivity index (χ1) is 10.1. The van der Waals surface area contributed by atoms with E-state index in [4.69, 9.17) is 10.5 Å². The van der Waals surface area contributed by atoms with Crippen molar-refractivity contribution in [1.82, 2.24) is 0 Å². The van der Waals surface area contributed by atoms with Gasteiger partial charge in [0.2, 0.25) is 0 Å². The zero-order valence-electron chi connectivity index (χ0n) is 11.8. The monoisotopic (exact) mass is 297 g/mol. The topological polar surface area (TPSA) is 90.4 Å². The molecule has 0 radical (unpaired) electrons. The van der Waals surface area contributed by atoms with Crippen molar-refractivity contribution in [2.45, 2.75) is 37.8 Å². The number of halogens is 1. The number of hydrogen-bond donors (Lipinski definition) is 2. The number of nitrogens with zero attached hydrogens (tertiary/aromatic N) is 1. The minimum absolute atomic E-state index is 0.217. The van der Waals surface area contributed by atoms with Crippen molar-refractivity contribution >= 4 is 11.4 Å². The molecule has 0 saturated heterocycles. The largest absolute Gasteiger partial charge is 0.377 e. The molecule has 1 fully saturated rings. The summed E-state index contributed by atoms with van der Waals surface area (Å²) in [6.07, 6.45) is 4.08. The molecule has 1 aliphatic carbocycles. The molecule has 1 aromatic carbocycles. The lowest BCUT2D eigenvalue weighted by atomic mass is 9.94. The Hall–Kier alpha value is -1.73. The third-order valence-corrected chi connectivity index (χ3v) is 3.65. The number of nitrogens with two attached hydrogens (primary N) is 1. The molecule has 0 unspecified atom stereocenters. The van der Waals surface area contributed by atoms with Gasteiger partial charge in [0.1, 0.15) is 11.5 Å². The number of anilines is 1. The summed E-state index contributed by atoms with van der Waals surface area (Å²) in [5, 5.41) is 13.8. The van der Waals surface area contributed by atoms with Gasteiger partial charge in [0.15, 0.2) is 0 Å². The van der Waals surface area contributed by atoms with Crippen LogP contribution in [0.25, 0.3) is 0 Å². The summed E-state index contributed by atoms with van der Waals surface area (Å²) in [5.74, 6) is -0.623. The molecule has 0 spiro atoms. The van der Waals surface area contributed by atoms with Gasteiger partial charge < -0.3 is 15.8 Å². The number of hydrogen-bond acceptors (Lipinski definition) is 5. The second-order valence-corrected chi connectivity index (χ2v) is 5.25. The van der Waals surface area contributed by atoms with Crippen LogP contribution in [-0.4, -0.2) is 30.2 Å². The van der Waals surface area contributed by atoms with E-state index in [1.54, 1.807) is 0 Å². The highest BCUT2D eigenvalue weighted by Crippen LogP contribution is 2.25. The highest BCUT2D eigenvalue weighted by molar-refractivity contribution is 5.61. The molecule has 116 valence electrons. The first-order valence-electron chi connectivity index (χ1n) is 7.11. The Labute approximate surface area is 122 Å². The van der Waals surface area contributed by atoms with E-state index in [1.165, 1.54) is 12.1 Å². The Kier molecular flexibility index (Phi) is 5.46. The summed E-state index contributed by atoms with van der Waals surface area (Å²) in [4.78, 5) is 10.2. The fourth-order valence-electron chi connectivity index (χ4n) is 2.47. The highest BCUT2D eigenvalue weighted by Gasteiger charge is 2.19. The first kappa shape index (κ1) is 15.7. The van der Waals surface area contributed by atoms with Gasteiger partial charge in [-0.25, -0.2) is 4.39 Å². The lowest BCUT2D eigenvalue weighted by Gasteiger charge is -2.26. The van der Waals surface area contributed by atoms with Crippen LogP contribution in [-0.2, 0) is 4.74 Å². The SMILES string of the molecule is NC1CCC(OCCNc2ccc(F)cc2[N+](=O)[O-])CC1. The average molecular weight is 297 g/mol. The summed E-state index contributed by atoms with van der Waals surface area (Å²) in [5.41, 5.74) is 5.86. The quantitative estimate of drug-likeness (QED) is 0.478. The maximum atomic E-state index is 13.0. The maximum Gasteiger partial charge on any atom is 0.295 e. The van der Waals surface area contributed by atoms with Crippen LogP contribution in [0.3, 0.4) is 0 Å². The third kappa shape index (κ3) is 4.64. The summed E-state index contributed by atoms with van der Waals surface area (Å²) >= 11 is 0. The molecule has 3 N–H and O–H groups in total. The molecule has 6 nitrogen and oxygen atoms in total. The van der Waals surface area contributed by atoms with Crippen LogP contribution in [0.5, 0.6) is 0 Å². The Morgan fingerprint density at radius 1 is 1.38 bits per heavy atom. The van der Waals surface area contributed by atoms with Crippen molar-refractivity contribution in [3.63, 3.8) is 0 Å². The molecular formula is C14H20FN3O3. The van der Waals surface area contributed by atoms with Crippen LogP contribution < -0.4 is 11.1 Å². The molecule has 0 atom stereocenters. The first-order valence-corrected chi connectivity index (χ1v) is 7.11. The normalized spacial score (nSPS) is 22.0. The van der Waals surface area contributed by atoms with E-state index in [0.717, 1.165) is 31.7 Å². The van der Waals surface area contributed by atoms with Crippen molar-refractivity contribution in [2.75, 3.05) is 18.5 Å². The second kappa shape index (κ2) is 7.33. The predicted molar refractivity (Wildman–Crippen MR) is 77.7 cm³/mol. The van der Waals surface area contributed by atoms with E-state index >= 15 is 0 Å². The third-order valence-electron chi connectivity index (χ3n) is 3.65. The molecule has 0 aromatic heterocycles. The standard InChI is InChI=1S/C14H20FN3O3/c15-10-1-6-13(14(9-10)18(19)20)17-7-8-21-12-4-2-11(16)3-5-12/h1,6,9,11-12,17H,2-5,7-8,16H2. The highest BCUT2D eigenvalue weighted by atomic mass is 19.1. The van der Waals surface area contributed by atoms with Crippen LogP contribution in [0.2, 0.25) is 0 Å². The Morgan fingerprint density at radius 2 is 2.10 bits per heavy atom. The van der Waals surface area contributed by atoms with Gasteiger partial charge in [-0.15, -0.1) is 0 Å². The summed E-state index contributed by atoms with van der Waals surface area (Å²) in [6, 6.07) is 3.75. The van der Waals surface area contributed by atoms with Gasteiger partial charge in [0.25, 0.3) is 5.69 Å². The van der Waals surface area contributed by atoms with Gasteiger partial charge in [-0.3, -0.25) is 10.1 Å². The number of nitro benzene ring substituents is 1. The minimum atomic E-state index is -0.623. The van der Waals surface area contributed by atoms with Gasteiger partial charge >= 0.3 is 0 Å². The van der Waals surface area contributed by atoms with Gasteiger partial charge in [-0.05, 0) is 37.8 Å². The van der Waals surface area contributed by atoms with Crippen molar-refractivity contribution in [2.24, 2.45) is 5.73 Å². The number of nitrogens with one attached hydrogen (secondary N) is 1. The van der Waals surface area contributed by atoms with E-state index in [1.807, 2.05) is 0 Å². The number of rotatable bonds is 6. The van der Waals surface area contributed by atoms with E-state index in [9.17, 15) is 14.5 Å². The molecule has 1 aromatic rings. The van der Waals surface area contributed by atoms with Crippen molar-refractivity contribution in [3.05, 3.63) is 34.1 Å². The van der Waals surface area contributed by atoms with E-state index in [2.05, 4.69) is 5.32 Å². The van der Waals surface area contributed by atoms with Gasteiger partial charge in [-0.2, -0.15) is 0 Å². The molecule has 0 amide bonds. The predicted octanol–water partition coefficient (Wildman–Crippen LogP) is 2.43. The van der Waals surface area contributed by atoms with Crippen molar-refractivity contribution in [1.29, 1.82) is 0 Å². The molecule has 0 aliphatic heterocycles. The van der Waals surface area contributed by atoms with Crippen LogP contribution in [0.15, 0.2) is 18.2 Å². The van der Waals surface area contributed by atoms with Crippen LogP contribution in [0.1, 0.15) is 25.7 Å². The Bertz CT molecular complexity index is 490. The fraction of sp³-hybridized carbons (Fsp3) is 0.571. The molecular weight excluding hydrogens is 277 g/mol. The second-order valence-electron chi connectivity index (χ2n) is 5.25.